The van der Waals surface area contributed by atoms with E-state index in [1.54, 1.807) is 0 Å². The zero-order valence-electron chi connectivity index (χ0n) is 12.1. The standard InChI is InChI=1S/C17H22N2O/c1-2-14-8-10-17(13-18,11-9-14)19-16(20)12-15-6-4-3-5-7-15/h3-7,14H,2,8-12H2,1H3,(H,19,20). The van der Waals surface area contributed by atoms with Crippen LogP contribution < -0.4 is 5.32 Å². The Morgan fingerprint density at radius 3 is 2.55 bits per heavy atom. The molecule has 3 heteroatoms. The predicted octanol–water partition coefficient (Wildman–Crippen LogP) is 3.21. The van der Waals surface area contributed by atoms with Crippen LogP contribution in [0.3, 0.4) is 0 Å². The van der Waals surface area contributed by atoms with E-state index >= 15 is 0 Å². The lowest BCUT2D eigenvalue weighted by Crippen LogP contribution is -2.50. The molecule has 0 aliphatic heterocycles. The molecule has 106 valence electrons. The number of carbonyl (C=O) groups excluding carboxylic acids is 1. The molecular formula is C17H22N2O. The Balaban J connectivity index is 1.94. The first kappa shape index (κ1) is 14.6. The molecule has 1 aromatic carbocycles. The second kappa shape index (κ2) is 6.56. The minimum absolute atomic E-state index is 0.0484. The van der Waals surface area contributed by atoms with Crippen molar-refractivity contribution >= 4 is 5.91 Å². The van der Waals surface area contributed by atoms with Crippen molar-refractivity contribution in [3.8, 4) is 6.07 Å². The van der Waals surface area contributed by atoms with Gasteiger partial charge in [0.1, 0.15) is 5.54 Å². The van der Waals surface area contributed by atoms with Gasteiger partial charge < -0.3 is 5.32 Å². The fourth-order valence-electron chi connectivity index (χ4n) is 2.94. The number of benzene rings is 1. The number of nitrogens with zero attached hydrogens (tertiary/aromatic N) is 1. The first-order chi connectivity index (χ1) is 9.67. The Morgan fingerprint density at radius 2 is 2.00 bits per heavy atom. The predicted molar refractivity (Wildman–Crippen MR) is 78.9 cm³/mol. The molecule has 1 saturated carbocycles. The fourth-order valence-corrected chi connectivity index (χ4v) is 2.94. The van der Waals surface area contributed by atoms with Crippen molar-refractivity contribution < 1.29 is 4.79 Å². The number of amides is 1. The van der Waals surface area contributed by atoms with Crippen LogP contribution in [0.25, 0.3) is 0 Å². The summed E-state index contributed by atoms with van der Waals surface area (Å²) in [5, 5.41) is 12.4. The Morgan fingerprint density at radius 1 is 1.35 bits per heavy atom. The third-order valence-electron chi connectivity index (χ3n) is 4.34. The highest BCUT2D eigenvalue weighted by Gasteiger charge is 2.36. The quantitative estimate of drug-likeness (QED) is 0.913. The van der Waals surface area contributed by atoms with Gasteiger partial charge in [0.15, 0.2) is 0 Å². The van der Waals surface area contributed by atoms with Gasteiger partial charge in [-0.15, -0.1) is 0 Å². The van der Waals surface area contributed by atoms with Gasteiger partial charge in [0, 0.05) is 0 Å². The normalized spacial score (nSPS) is 25.7. The summed E-state index contributed by atoms with van der Waals surface area (Å²) < 4.78 is 0. The van der Waals surface area contributed by atoms with E-state index in [-0.39, 0.29) is 5.91 Å². The van der Waals surface area contributed by atoms with E-state index < -0.39 is 5.54 Å². The van der Waals surface area contributed by atoms with E-state index in [1.165, 1.54) is 6.42 Å². The summed E-state index contributed by atoms with van der Waals surface area (Å²) >= 11 is 0. The summed E-state index contributed by atoms with van der Waals surface area (Å²) in [5.41, 5.74) is 0.345. The lowest BCUT2D eigenvalue weighted by atomic mass is 9.76. The number of rotatable bonds is 4. The van der Waals surface area contributed by atoms with Crippen LogP contribution in [0.1, 0.15) is 44.6 Å². The molecular weight excluding hydrogens is 248 g/mol. The summed E-state index contributed by atoms with van der Waals surface area (Å²) in [4.78, 5) is 12.1. The van der Waals surface area contributed by atoms with Gasteiger partial charge in [0.2, 0.25) is 5.91 Å². The molecule has 0 radical (unpaired) electrons. The van der Waals surface area contributed by atoms with Crippen LogP contribution in [0.15, 0.2) is 30.3 Å². The minimum atomic E-state index is -0.641. The van der Waals surface area contributed by atoms with E-state index in [2.05, 4.69) is 18.3 Å². The van der Waals surface area contributed by atoms with Crippen LogP contribution in [0.2, 0.25) is 0 Å². The second-order valence-electron chi connectivity index (χ2n) is 5.76. The molecule has 0 atom stereocenters. The van der Waals surface area contributed by atoms with Crippen molar-refractivity contribution in [3.63, 3.8) is 0 Å². The maximum atomic E-state index is 12.1. The SMILES string of the molecule is CCC1CCC(C#N)(NC(=O)Cc2ccccc2)CC1. The third kappa shape index (κ3) is 3.60. The van der Waals surface area contributed by atoms with Gasteiger partial charge in [-0.25, -0.2) is 0 Å². The summed E-state index contributed by atoms with van der Waals surface area (Å²) in [6, 6.07) is 12.0. The topological polar surface area (TPSA) is 52.9 Å². The van der Waals surface area contributed by atoms with Crippen LogP contribution in [0.4, 0.5) is 0 Å². The monoisotopic (exact) mass is 270 g/mol. The van der Waals surface area contributed by atoms with Gasteiger partial charge in [-0.1, -0.05) is 43.7 Å². The molecule has 2 rings (SSSR count). The van der Waals surface area contributed by atoms with Crippen LogP contribution in [-0.4, -0.2) is 11.4 Å². The molecule has 1 aliphatic carbocycles. The van der Waals surface area contributed by atoms with Gasteiger partial charge in [0.25, 0.3) is 0 Å². The average molecular weight is 270 g/mol. The molecule has 0 saturated heterocycles. The Hall–Kier alpha value is -1.82. The molecule has 1 N–H and O–H groups in total. The highest BCUT2D eigenvalue weighted by Crippen LogP contribution is 2.33. The largest absolute Gasteiger partial charge is 0.338 e. The molecule has 1 amide bonds. The number of nitrogens with one attached hydrogen (secondary N) is 1. The smallest absolute Gasteiger partial charge is 0.225 e. The van der Waals surface area contributed by atoms with E-state index in [4.69, 9.17) is 0 Å². The molecule has 0 heterocycles. The lowest BCUT2D eigenvalue weighted by molar-refractivity contribution is -0.122. The van der Waals surface area contributed by atoms with Crippen LogP contribution in [0.5, 0.6) is 0 Å². The molecule has 20 heavy (non-hydrogen) atoms. The first-order valence-electron chi connectivity index (χ1n) is 7.43. The second-order valence-corrected chi connectivity index (χ2v) is 5.76. The lowest BCUT2D eigenvalue weighted by Gasteiger charge is -2.35. The summed E-state index contributed by atoms with van der Waals surface area (Å²) in [6.45, 7) is 2.19. The maximum absolute atomic E-state index is 12.1. The Labute approximate surface area is 121 Å². The van der Waals surface area contributed by atoms with Gasteiger partial charge in [0.05, 0.1) is 12.5 Å². The Bertz CT molecular complexity index is 481. The van der Waals surface area contributed by atoms with Crippen LogP contribution in [0, 0.1) is 17.2 Å². The molecule has 0 unspecified atom stereocenters. The van der Waals surface area contributed by atoms with Crippen molar-refractivity contribution in [2.75, 3.05) is 0 Å². The van der Waals surface area contributed by atoms with Crippen LogP contribution in [-0.2, 0) is 11.2 Å². The van der Waals surface area contributed by atoms with Gasteiger partial charge in [-0.3, -0.25) is 4.79 Å². The first-order valence-corrected chi connectivity index (χ1v) is 7.43. The molecule has 0 spiro atoms. The van der Waals surface area contributed by atoms with Crippen LogP contribution >= 0.6 is 0 Å². The van der Waals surface area contributed by atoms with E-state index in [1.807, 2.05) is 30.3 Å². The number of carbonyl (C=O) groups is 1. The molecule has 3 nitrogen and oxygen atoms in total. The molecule has 0 bridgehead atoms. The third-order valence-corrected chi connectivity index (χ3v) is 4.34. The van der Waals surface area contributed by atoms with E-state index in [0.29, 0.717) is 12.3 Å². The van der Waals surface area contributed by atoms with E-state index in [0.717, 1.165) is 31.2 Å². The van der Waals surface area contributed by atoms with Crippen molar-refractivity contribution in [1.29, 1.82) is 5.26 Å². The summed E-state index contributed by atoms with van der Waals surface area (Å²) in [5.74, 6) is 0.662. The number of hydrogen-bond acceptors (Lipinski definition) is 2. The highest BCUT2D eigenvalue weighted by molar-refractivity contribution is 5.79. The van der Waals surface area contributed by atoms with Crippen molar-refractivity contribution in [3.05, 3.63) is 35.9 Å². The minimum Gasteiger partial charge on any atom is -0.338 e. The zero-order valence-corrected chi connectivity index (χ0v) is 12.1. The average Bonchev–Trinajstić information content (AvgIpc) is 2.49. The van der Waals surface area contributed by atoms with Crippen molar-refractivity contribution in [2.45, 2.75) is 51.0 Å². The molecule has 1 fully saturated rings. The number of hydrogen-bond donors (Lipinski definition) is 1. The zero-order chi connectivity index (χ0) is 14.4. The van der Waals surface area contributed by atoms with Gasteiger partial charge in [-0.2, -0.15) is 5.26 Å². The van der Waals surface area contributed by atoms with Crippen molar-refractivity contribution in [2.24, 2.45) is 5.92 Å². The fraction of sp³-hybridized carbons (Fsp3) is 0.529. The highest BCUT2D eigenvalue weighted by atomic mass is 16.1. The maximum Gasteiger partial charge on any atom is 0.225 e. The molecule has 1 aromatic rings. The van der Waals surface area contributed by atoms with Gasteiger partial charge >= 0.3 is 0 Å². The summed E-state index contributed by atoms with van der Waals surface area (Å²) in [7, 11) is 0. The molecule has 0 aromatic heterocycles. The summed E-state index contributed by atoms with van der Waals surface area (Å²) in [6.07, 6.45) is 5.15. The van der Waals surface area contributed by atoms with Gasteiger partial charge in [-0.05, 0) is 37.2 Å². The van der Waals surface area contributed by atoms with E-state index in [9.17, 15) is 10.1 Å². The number of nitriles is 1. The Kier molecular flexibility index (Phi) is 4.79. The van der Waals surface area contributed by atoms with Crippen molar-refractivity contribution in [1.82, 2.24) is 5.32 Å². The molecule has 1 aliphatic rings.